The van der Waals surface area contributed by atoms with Crippen LogP contribution in [0.15, 0.2) is 71.6 Å². The Hall–Kier alpha value is -3.57. The Morgan fingerprint density at radius 2 is 1.64 bits per heavy atom. The van der Waals surface area contributed by atoms with Gasteiger partial charge in [0.1, 0.15) is 0 Å². The number of primary amides is 1. The molecule has 0 saturated carbocycles. The second-order valence-corrected chi connectivity index (χ2v) is 8.80. The molecule has 0 aliphatic heterocycles. The molecule has 0 bridgehead atoms. The fraction of sp³-hybridized carbons (Fsp3) is 0.0476. The summed E-state index contributed by atoms with van der Waals surface area (Å²) in [5, 5.41) is 2.31. The van der Waals surface area contributed by atoms with Crippen LogP contribution in [0.5, 0.6) is 0 Å². The zero-order valence-corrected chi connectivity index (χ0v) is 18.1. The quantitative estimate of drug-likeness (QED) is 0.476. The molecule has 3 amide bonds. The SMILES string of the molecule is NC(=O)Nc1cc(Cl)ccc1C(=O)NS(=O)(=O)c1cccc(-c2ccccc2C(F)(F)F)c1. The van der Waals surface area contributed by atoms with Gasteiger partial charge in [0, 0.05) is 5.02 Å². The van der Waals surface area contributed by atoms with Crippen LogP contribution in [-0.2, 0) is 16.2 Å². The van der Waals surface area contributed by atoms with Crippen molar-refractivity contribution < 1.29 is 31.2 Å². The molecule has 0 aliphatic rings. The van der Waals surface area contributed by atoms with Crippen molar-refractivity contribution in [2.24, 2.45) is 5.73 Å². The number of rotatable bonds is 5. The lowest BCUT2D eigenvalue weighted by molar-refractivity contribution is -0.137. The van der Waals surface area contributed by atoms with Crippen molar-refractivity contribution in [2.75, 3.05) is 5.32 Å². The highest BCUT2D eigenvalue weighted by Crippen LogP contribution is 2.37. The van der Waals surface area contributed by atoms with E-state index in [9.17, 15) is 31.2 Å². The number of carbonyl (C=O) groups excluding carboxylic acids is 2. The molecular weight excluding hydrogens is 483 g/mol. The Kier molecular flexibility index (Phi) is 6.65. The number of benzene rings is 3. The molecule has 0 saturated heterocycles. The number of sulfonamides is 1. The smallest absolute Gasteiger partial charge is 0.351 e. The first-order valence-electron chi connectivity index (χ1n) is 9.08. The number of anilines is 1. The summed E-state index contributed by atoms with van der Waals surface area (Å²) < 4.78 is 67.5. The third-order valence-corrected chi connectivity index (χ3v) is 5.96. The minimum atomic E-state index is -4.65. The second kappa shape index (κ2) is 9.12. The van der Waals surface area contributed by atoms with Crippen LogP contribution < -0.4 is 15.8 Å². The molecule has 0 heterocycles. The molecule has 33 heavy (non-hydrogen) atoms. The number of nitrogens with one attached hydrogen (secondary N) is 2. The van der Waals surface area contributed by atoms with E-state index in [2.05, 4.69) is 5.32 Å². The summed E-state index contributed by atoms with van der Waals surface area (Å²) in [4.78, 5) is 23.3. The molecule has 3 aromatic carbocycles. The first kappa shape index (κ1) is 24.1. The van der Waals surface area contributed by atoms with Crippen LogP contribution in [0.25, 0.3) is 11.1 Å². The van der Waals surface area contributed by atoms with Crippen molar-refractivity contribution in [3.63, 3.8) is 0 Å². The zero-order chi connectivity index (χ0) is 24.4. The zero-order valence-electron chi connectivity index (χ0n) is 16.5. The van der Waals surface area contributed by atoms with Crippen molar-refractivity contribution in [3.05, 3.63) is 82.9 Å². The first-order valence-corrected chi connectivity index (χ1v) is 10.9. The van der Waals surface area contributed by atoms with Gasteiger partial charge in [-0.05, 0) is 47.5 Å². The number of hydrogen-bond acceptors (Lipinski definition) is 4. The van der Waals surface area contributed by atoms with Crippen LogP contribution in [0, 0.1) is 0 Å². The van der Waals surface area contributed by atoms with Crippen molar-refractivity contribution in [1.29, 1.82) is 0 Å². The maximum absolute atomic E-state index is 13.4. The van der Waals surface area contributed by atoms with E-state index in [0.717, 1.165) is 18.2 Å². The molecule has 12 heteroatoms. The van der Waals surface area contributed by atoms with E-state index in [1.54, 1.807) is 0 Å². The highest BCUT2D eigenvalue weighted by molar-refractivity contribution is 7.90. The van der Waals surface area contributed by atoms with Gasteiger partial charge in [-0.3, -0.25) is 4.79 Å². The summed E-state index contributed by atoms with van der Waals surface area (Å²) in [6, 6.07) is 12.1. The molecule has 7 nitrogen and oxygen atoms in total. The third kappa shape index (κ3) is 5.62. The minimum Gasteiger partial charge on any atom is -0.351 e. The summed E-state index contributed by atoms with van der Waals surface area (Å²) in [5.74, 6) is -1.11. The molecule has 0 spiro atoms. The van der Waals surface area contributed by atoms with Gasteiger partial charge < -0.3 is 11.1 Å². The Morgan fingerprint density at radius 1 is 0.939 bits per heavy atom. The van der Waals surface area contributed by atoms with E-state index in [-0.39, 0.29) is 27.4 Å². The topological polar surface area (TPSA) is 118 Å². The van der Waals surface area contributed by atoms with Crippen molar-refractivity contribution in [2.45, 2.75) is 11.1 Å². The number of alkyl halides is 3. The molecule has 0 aromatic heterocycles. The van der Waals surface area contributed by atoms with Gasteiger partial charge in [0.2, 0.25) is 0 Å². The Bertz CT molecular complexity index is 1340. The highest BCUT2D eigenvalue weighted by Gasteiger charge is 2.33. The highest BCUT2D eigenvalue weighted by atomic mass is 35.5. The number of halogens is 4. The van der Waals surface area contributed by atoms with Gasteiger partial charge in [-0.1, -0.05) is 41.9 Å². The Labute approximate surface area is 191 Å². The number of hydrogen-bond donors (Lipinski definition) is 3. The molecule has 3 rings (SSSR count). The summed E-state index contributed by atoms with van der Waals surface area (Å²) >= 11 is 5.83. The maximum Gasteiger partial charge on any atom is 0.417 e. The van der Waals surface area contributed by atoms with E-state index in [1.807, 2.05) is 4.72 Å². The Morgan fingerprint density at radius 3 is 2.30 bits per heavy atom. The molecule has 0 fully saturated rings. The molecule has 4 N–H and O–H groups in total. The second-order valence-electron chi connectivity index (χ2n) is 6.68. The van der Waals surface area contributed by atoms with Crippen LogP contribution in [0.4, 0.5) is 23.7 Å². The standard InChI is InChI=1S/C21H15ClF3N3O4S/c22-13-8-9-16(18(11-13)27-20(26)30)19(29)28-33(31,32)14-5-3-4-12(10-14)15-6-1-2-7-17(15)21(23,24)25/h1-11H,(H,28,29)(H3,26,27,30). The van der Waals surface area contributed by atoms with E-state index < -0.39 is 38.6 Å². The fourth-order valence-electron chi connectivity index (χ4n) is 3.00. The van der Waals surface area contributed by atoms with Crippen LogP contribution >= 0.6 is 11.6 Å². The van der Waals surface area contributed by atoms with Crippen molar-refractivity contribution in [1.82, 2.24) is 4.72 Å². The first-order chi connectivity index (χ1) is 15.4. The van der Waals surface area contributed by atoms with Gasteiger partial charge in [0.25, 0.3) is 15.9 Å². The minimum absolute atomic E-state index is 0.0131. The summed E-state index contributed by atoms with van der Waals surface area (Å²) in [6.07, 6.45) is -4.65. The van der Waals surface area contributed by atoms with E-state index >= 15 is 0 Å². The largest absolute Gasteiger partial charge is 0.417 e. The number of urea groups is 1. The van der Waals surface area contributed by atoms with Gasteiger partial charge in [0.15, 0.2) is 0 Å². The molecular formula is C21H15ClF3N3O4S. The van der Waals surface area contributed by atoms with Crippen LogP contribution in [-0.4, -0.2) is 20.4 Å². The average Bonchev–Trinajstić information content (AvgIpc) is 2.72. The molecule has 0 atom stereocenters. The number of carbonyl (C=O) groups is 2. The third-order valence-electron chi connectivity index (χ3n) is 4.40. The summed E-state index contributed by atoms with van der Waals surface area (Å²) in [6.45, 7) is 0. The van der Waals surface area contributed by atoms with Gasteiger partial charge in [-0.2, -0.15) is 13.2 Å². The van der Waals surface area contributed by atoms with Crippen LogP contribution in [0.1, 0.15) is 15.9 Å². The van der Waals surface area contributed by atoms with E-state index in [4.69, 9.17) is 17.3 Å². The van der Waals surface area contributed by atoms with E-state index in [1.165, 1.54) is 48.5 Å². The molecule has 0 radical (unpaired) electrons. The predicted molar refractivity (Wildman–Crippen MR) is 116 cm³/mol. The molecule has 0 aliphatic carbocycles. The van der Waals surface area contributed by atoms with Crippen molar-refractivity contribution >= 4 is 39.2 Å². The number of nitrogens with two attached hydrogens (primary N) is 1. The summed E-state index contributed by atoms with van der Waals surface area (Å²) in [5.41, 5.74) is 3.50. The molecule has 172 valence electrons. The molecule has 3 aromatic rings. The van der Waals surface area contributed by atoms with Gasteiger partial charge in [-0.15, -0.1) is 0 Å². The summed E-state index contributed by atoms with van der Waals surface area (Å²) in [7, 11) is -4.50. The lowest BCUT2D eigenvalue weighted by Gasteiger charge is -2.14. The van der Waals surface area contributed by atoms with Crippen LogP contribution in [0.3, 0.4) is 0 Å². The normalized spacial score (nSPS) is 11.6. The lowest BCUT2D eigenvalue weighted by atomic mass is 9.99. The van der Waals surface area contributed by atoms with Gasteiger partial charge in [0.05, 0.1) is 21.7 Å². The number of amides is 3. The Balaban J connectivity index is 1.97. The monoisotopic (exact) mass is 497 g/mol. The lowest BCUT2D eigenvalue weighted by Crippen LogP contribution is -2.32. The fourth-order valence-corrected chi connectivity index (χ4v) is 4.18. The predicted octanol–water partition coefficient (Wildman–Crippen LogP) is 4.64. The maximum atomic E-state index is 13.4. The average molecular weight is 498 g/mol. The van der Waals surface area contributed by atoms with E-state index in [0.29, 0.717) is 0 Å². The van der Waals surface area contributed by atoms with Gasteiger partial charge in [-0.25, -0.2) is 17.9 Å². The molecule has 0 unspecified atom stereocenters. The van der Waals surface area contributed by atoms with Crippen molar-refractivity contribution in [3.8, 4) is 11.1 Å². The van der Waals surface area contributed by atoms with Gasteiger partial charge >= 0.3 is 12.2 Å². The van der Waals surface area contributed by atoms with Crippen LogP contribution in [0.2, 0.25) is 5.02 Å².